The zero-order valence-electron chi connectivity index (χ0n) is 17.8. The number of aliphatic carboxylic acids is 1. The number of hydrogen-bond donors (Lipinski definition) is 2. The first-order valence-corrected chi connectivity index (χ1v) is 9.84. The van der Waals surface area contributed by atoms with E-state index in [1.165, 1.54) is 0 Å². The third-order valence-electron chi connectivity index (χ3n) is 4.94. The maximum atomic E-state index is 10.6. The number of carbonyl (C=O) groups is 1. The first-order chi connectivity index (χ1) is 15.1. The van der Waals surface area contributed by atoms with Crippen molar-refractivity contribution in [1.82, 2.24) is 40.3 Å². The van der Waals surface area contributed by atoms with Crippen molar-refractivity contribution in [2.24, 2.45) is 0 Å². The summed E-state index contributed by atoms with van der Waals surface area (Å²) >= 11 is 0. The van der Waals surface area contributed by atoms with Crippen LogP contribution in [0.15, 0.2) is 18.2 Å². The van der Waals surface area contributed by atoms with E-state index in [1.54, 1.807) is 0 Å². The van der Waals surface area contributed by atoms with Crippen LogP contribution >= 0.6 is 0 Å². The van der Waals surface area contributed by atoms with Crippen LogP contribution in [0, 0.1) is 20.8 Å². The summed E-state index contributed by atoms with van der Waals surface area (Å²) in [7, 11) is 0. The topological polar surface area (TPSA) is 124 Å². The van der Waals surface area contributed by atoms with E-state index in [4.69, 9.17) is 9.90 Å². The monoisotopic (exact) mass is 452 g/mol. The van der Waals surface area contributed by atoms with E-state index < -0.39 is 12.1 Å². The standard InChI is InChI=1S/C17H22N8.C2HF3O2/c1-11-5-4-6-12(2)17(11)25-16(20-22-23-25)9-18-14-7-8-15-19-13(3)21-24(15)10-14;3-2(4,5)1(6)7/h4-6,14,18H,7-10H2,1-3H3;(H,6,7). The van der Waals surface area contributed by atoms with Gasteiger partial charge < -0.3 is 10.4 Å². The molecule has 0 saturated heterocycles. The Bertz CT molecular complexity index is 1070. The summed E-state index contributed by atoms with van der Waals surface area (Å²) < 4.78 is 35.6. The zero-order valence-corrected chi connectivity index (χ0v) is 17.8. The van der Waals surface area contributed by atoms with Gasteiger partial charge in [0.25, 0.3) is 0 Å². The van der Waals surface area contributed by atoms with Gasteiger partial charge in [0.05, 0.1) is 18.8 Å². The van der Waals surface area contributed by atoms with Gasteiger partial charge in [0.1, 0.15) is 11.6 Å². The number of alkyl halides is 3. The van der Waals surface area contributed by atoms with E-state index in [1.807, 2.05) is 16.3 Å². The Morgan fingerprint density at radius 1 is 1.25 bits per heavy atom. The highest BCUT2D eigenvalue weighted by Gasteiger charge is 2.38. The van der Waals surface area contributed by atoms with Gasteiger partial charge in [-0.25, -0.2) is 14.5 Å². The molecule has 13 heteroatoms. The molecule has 4 rings (SSSR count). The van der Waals surface area contributed by atoms with Gasteiger partial charge in [-0.2, -0.15) is 23.0 Å². The summed E-state index contributed by atoms with van der Waals surface area (Å²) in [6.45, 7) is 7.55. The van der Waals surface area contributed by atoms with Crippen molar-refractivity contribution in [3.63, 3.8) is 0 Å². The number of hydrogen-bond acceptors (Lipinski definition) is 7. The third-order valence-corrected chi connectivity index (χ3v) is 4.94. The van der Waals surface area contributed by atoms with Gasteiger partial charge in [-0.3, -0.25) is 0 Å². The lowest BCUT2D eigenvalue weighted by atomic mass is 10.1. The highest BCUT2D eigenvalue weighted by molar-refractivity contribution is 5.73. The predicted octanol–water partition coefficient (Wildman–Crippen LogP) is 1.92. The Balaban J connectivity index is 0.000000360. The second kappa shape index (κ2) is 9.42. The van der Waals surface area contributed by atoms with E-state index >= 15 is 0 Å². The molecule has 3 aromatic rings. The van der Waals surface area contributed by atoms with Crippen molar-refractivity contribution in [2.75, 3.05) is 0 Å². The second-order valence-corrected chi connectivity index (χ2v) is 7.42. The molecule has 0 bridgehead atoms. The van der Waals surface area contributed by atoms with Crippen LogP contribution in [-0.4, -0.2) is 58.3 Å². The minimum atomic E-state index is -5.08. The van der Waals surface area contributed by atoms with Gasteiger partial charge in [-0.15, -0.1) is 5.10 Å². The average Bonchev–Trinajstić information content (AvgIpc) is 3.31. The van der Waals surface area contributed by atoms with Gasteiger partial charge in [0.15, 0.2) is 5.82 Å². The molecule has 32 heavy (non-hydrogen) atoms. The number of aromatic nitrogens is 7. The van der Waals surface area contributed by atoms with Crippen molar-refractivity contribution in [3.8, 4) is 5.69 Å². The predicted molar refractivity (Wildman–Crippen MR) is 106 cm³/mol. The molecule has 1 aromatic carbocycles. The largest absolute Gasteiger partial charge is 0.490 e. The summed E-state index contributed by atoms with van der Waals surface area (Å²) in [5.74, 6) is -0.0176. The molecule has 1 aliphatic heterocycles. The molecule has 1 atom stereocenters. The fraction of sp³-hybridized carbons (Fsp3) is 0.474. The lowest BCUT2D eigenvalue weighted by molar-refractivity contribution is -0.192. The molecule has 0 saturated carbocycles. The highest BCUT2D eigenvalue weighted by Crippen LogP contribution is 2.19. The van der Waals surface area contributed by atoms with Crippen molar-refractivity contribution in [1.29, 1.82) is 0 Å². The molecule has 3 heterocycles. The fourth-order valence-electron chi connectivity index (χ4n) is 3.47. The molecule has 2 N–H and O–H groups in total. The molecule has 0 aliphatic carbocycles. The van der Waals surface area contributed by atoms with Crippen LogP contribution in [0.5, 0.6) is 0 Å². The van der Waals surface area contributed by atoms with E-state index in [9.17, 15) is 13.2 Å². The summed E-state index contributed by atoms with van der Waals surface area (Å²) in [5, 5.41) is 27.4. The summed E-state index contributed by atoms with van der Waals surface area (Å²) in [6, 6.07) is 6.56. The Labute approximate surface area is 181 Å². The number of carboxylic acids is 1. The average molecular weight is 452 g/mol. The van der Waals surface area contributed by atoms with Crippen LogP contribution < -0.4 is 5.32 Å². The molecule has 0 radical (unpaired) electrons. The molecule has 1 aliphatic rings. The number of rotatable bonds is 4. The van der Waals surface area contributed by atoms with Crippen molar-refractivity contribution < 1.29 is 23.1 Å². The molecule has 0 amide bonds. The maximum absolute atomic E-state index is 10.6. The first-order valence-electron chi connectivity index (χ1n) is 9.84. The van der Waals surface area contributed by atoms with Crippen LogP contribution in [0.3, 0.4) is 0 Å². The number of fused-ring (bicyclic) bond motifs is 1. The summed E-state index contributed by atoms with van der Waals surface area (Å²) in [5.41, 5.74) is 3.38. The second-order valence-electron chi connectivity index (χ2n) is 7.42. The number of carboxylic acid groups (broad SMARTS) is 1. The Kier molecular flexibility index (Phi) is 6.87. The van der Waals surface area contributed by atoms with Gasteiger partial charge in [-0.05, 0) is 48.7 Å². The van der Waals surface area contributed by atoms with Gasteiger partial charge in [0, 0.05) is 12.5 Å². The smallest absolute Gasteiger partial charge is 0.475 e. The third kappa shape index (κ3) is 5.46. The van der Waals surface area contributed by atoms with E-state index in [0.29, 0.717) is 12.6 Å². The lowest BCUT2D eigenvalue weighted by Gasteiger charge is -2.23. The minimum Gasteiger partial charge on any atom is -0.475 e. The first kappa shape index (κ1) is 23.3. The van der Waals surface area contributed by atoms with Crippen LogP contribution in [0.25, 0.3) is 5.69 Å². The normalized spacial score (nSPS) is 15.6. The van der Waals surface area contributed by atoms with Gasteiger partial charge >= 0.3 is 12.1 Å². The Morgan fingerprint density at radius 2 is 1.91 bits per heavy atom. The fourth-order valence-corrected chi connectivity index (χ4v) is 3.47. The number of benzene rings is 1. The summed E-state index contributed by atoms with van der Waals surface area (Å²) in [4.78, 5) is 13.4. The van der Waals surface area contributed by atoms with Crippen LogP contribution in [0.2, 0.25) is 0 Å². The number of aryl methyl sites for hydroxylation is 4. The van der Waals surface area contributed by atoms with Crippen molar-refractivity contribution in [2.45, 2.75) is 58.9 Å². The van der Waals surface area contributed by atoms with E-state index in [2.05, 4.69) is 63.0 Å². The lowest BCUT2D eigenvalue weighted by Crippen LogP contribution is -2.38. The number of nitrogens with one attached hydrogen (secondary N) is 1. The number of para-hydroxylation sites is 1. The Hall–Kier alpha value is -3.35. The zero-order chi connectivity index (χ0) is 23.5. The van der Waals surface area contributed by atoms with E-state index in [0.717, 1.165) is 53.7 Å². The highest BCUT2D eigenvalue weighted by atomic mass is 19.4. The number of halogens is 3. The molecular weight excluding hydrogens is 429 g/mol. The molecule has 10 nitrogen and oxygen atoms in total. The van der Waals surface area contributed by atoms with Crippen LogP contribution in [0.4, 0.5) is 13.2 Å². The van der Waals surface area contributed by atoms with Crippen LogP contribution in [0.1, 0.15) is 35.0 Å². The molecule has 0 fully saturated rings. The molecular formula is C19H23F3N8O2. The van der Waals surface area contributed by atoms with Crippen LogP contribution in [-0.2, 0) is 24.3 Å². The van der Waals surface area contributed by atoms with Crippen molar-refractivity contribution in [3.05, 3.63) is 46.8 Å². The molecule has 1 unspecified atom stereocenters. The quantitative estimate of drug-likeness (QED) is 0.615. The number of tetrazole rings is 1. The van der Waals surface area contributed by atoms with Crippen molar-refractivity contribution >= 4 is 5.97 Å². The molecule has 2 aromatic heterocycles. The van der Waals surface area contributed by atoms with Gasteiger partial charge in [0.2, 0.25) is 0 Å². The number of nitrogens with zero attached hydrogens (tertiary/aromatic N) is 7. The van der Waals surface area contributed by atoms with Gasteiger partial charge in [-0.1, -0.05) is 18.2 Å². The SMILES string of the molecule is Cc1nc2n(n1)CC(NCc1nnnn1-c1c(C)cccc1C)CC2.O=C(O)C(F)(F)F. The summed E-state index contributed by atoms with van der Waals surface area (Å²) in [6.07, 6.45) is -3.09. The Morgan fingerprint density at radius 3 is 2.53 bits per heavy atom. The minimum absolute atomic E-state index is 0.344. The molecule has 172 valence electrons. The van der Waals surface area contributed by atoms with E-state index in [-0.39, 0.29) is 0 Å². The maximum Gasteiger partial charge on any atom is 0.490 e. The molecule has 0 spiro atoms.